The van der Waals surface area contributed by atoms with Gasteiger partial charge < -0.3 is 0 Å². The Bertz CT molecular complexity index is 1220. The standard InChI is InChI=1S/C29H26F6/c1-3-5-7-24(30)29(35)20-12-11-19(25(31)15-20)10-8-18-9-13-22(26(32)14-18)21-16-27(33)23(6-4-2)28(34)17-21/h3,9,11-17H,1,4-8,10H2,2H3. The highest BCUT2D eigenvalue weighted by Crippen LogP contribution is 2.29. The molecule has 0 spiro atoms. The molecule has 6 heteroatoms. The molecule has 0 atom stereocenters. The van der Waals surface area contributed by atoms with Crippen LogP contribution in [0.4, 0.5) is 26.3 Å². The minimum absolute atomic E-state index is 0.0174. The highest BCUT2D eigenvalue weighted by molar-refractivity contribution is 5.65. The van der Waals surface area contributed by atoms with Crippen LogP contribution in [0.1, 0.15) is 48.4 Å². The first kappa shape index (κ1) is 26.3. The zero-order valence-corrected chi connectivity index (χ0v) is 19.4. The van der Waals surface area contributed by atoms with E-state index in [0.717, 1.165) is 18.2 Å². The number of rotatable bonds is 10. The maximum Gasteiger partial charge on any atom is 0.161 e. The first-order chi connectivity index (χ1) is 16.7. The molecular weight excluding hydrogens is 462 g/mol. The van der Waals surface area contributed by atoms with Crippen molar-refractivity contribution < 1.29 is 26.3 Å². The Morgan fingerprint density at radius 3 is 2.11 bits per heavy atom. The number of hydrogen-bond donors (Lipinski definition) is 0. The van der Waals surface area contributed by atoms with Crippen LogP contribution in [0.25, 0.3) is 17.0 Å². The second-order valence-electron chi connectivity index (χ2n) is 8.34. The third kappa shape index (κ3) is 6.44. The second kappa shape index (κ2) is 11.9. The van der Waals surface area contributed by atoms with E-state index in [1.807, 2.05) is 6.92 Å². The Hall–Kier alpha value is -3.28. The molecule has 0 N–H and O–H groups in total. The predicted octanol–water partition coefficient (Wildman–Crippen LogP) is 9.22. The lowest BCUT2D eigenvalue weighted by Crippen LogP contribution is -1.99. The monoisotopic (exact) mass is 488 g/mol. The summed E-state index contributed by atoms with van der Waals surface area (Å²) in [5.74, 6) is -4.84. The van der Waals surface area contributed by atoms with Crippen LogP contribution in [0.3, 0.4) is 0 Å². The molecule has 0 saturated heterocycles. The van der Waals surface area contributed by atoms with E-state index < -0.39 is 34.9 Å². The summed E-state index contributed by atoms with van der Waals surface area (Å²) < 4.78 is 85.8. The molecule has 0 saturated carbocycles. The van der Waals surface area contributed by atoms with Gasteiger partial charge in [0.15, 0.2) is 5.83 Å². The molecule has 0 aliphatic heterocycles. The fraction of sp³-hybridized carbons (Fsp3) is 0.241. The second-order valence-corrected chi connectivity index (χ2v) is 8.34. The minimum atomic E-state index is -1.11. The van der Waals surface area contributed by atoms with Gasteiger partial charge >= 0.3 is 0 Å². The van der Waals surface area contributed by atoms with E-state index in [2.05, 4.69) is 6.58 Å². The molecular formula is C29H26F6. The molecule has 0 aromatic heterocycles. The van der Waals surface area contributed by atoms with E-state index in [9.17, 15) is 26.3 Å². The molecule has 0 aliphatic carbocycles. The number of allylic oxidation sites excluding steroid dienone is 2. The van der Waals surface area contributed by atoms with Crippen molar-refractivity contribution >= 4 is 5.83 Å². The number of hydrogen-bond acceptors (Lipinski definition) is 0. The highest BCUT2D eigenvalue weighted by Gasteiger charge is 2.15. The van der Waals surface area contributed by atoms with E-state index in [0.29, 0.717) is 12.0 Å². The number of aryl methyl sites for hydroxylation is 2. The highest BCUT2D eigenvalue weighted by atomic mass is 19.2. The van der Waals surface area contributed by atoms with Crippen molar-refractivity contribution in [3.8, 4) is 11.1 Å². The van der Waals surface area contributed by atoms with Gasteiger partial charge in [-0.2, -0.15) is 0 Å². The van der Waals surface area contributed by atoms with E-state index in [4.69, 9.17) is 0 Å². The Morgan fingerprint density at radius 1 is 0.800 bits per heavy atom. The topological polar surface area (TPSA) is 0 Å². The molecule has 3 aromatic rings. The molecule has 3 aromatic carbocycles. The molecule has 0 nitrogen and oxygen atoms in total. The van der Waals surface area contributed by atoms with Crippen molar-refractivity contribution in [1.82, 2.24) is 0 Å². The zero-order chi connectivity index (χ0) is 25.5. The van der Waals surface area contributed by atoms with Gasteiger partial charge in [-0.1, -0.05) is 43.7 Å². The van der Waals surface area contributed by atoms with Crippen LogP contribution in [0.15, 0.2) is 67.0 Å². The van der Waals surface area contributed by atoms with E-state index in [-0.39, 0.29) is 59.9 Å². The molecule has 0 amide bonds. The molecule has 0 fully saturated rings. The van der Waals surface area contributed by atoms with Gasteiger partial charge in [-0.25, -0.2) is 26.3 Å². The van der Waals surface area contributed by atoms with Crippen LogP contribution in [0.2, 0.25) is 0 Å². The average molecular weight is 489 g/mol. The van der Waals surface area contributed by atoms with Gasteiger partial charge in [0, 0.05) is 23.1 Å². The van der Waals surface area contributed by atoms with Gasteiger partial charge in [0.05, 0.1) is 0 Å². The summed E-state index contributed by atoms with van der Waals surface area (Å²) in [5.41, 5.74) is 0.781. The summed E-state index contributed by atoms with van der Waals surface area (Å²) in [6.45, 7) is 5.26. The predicted molar refractivity (Wildman–Crippen MR) is 128 cm³/mol. The minimum Gasteiger partial charge on any atom is -0.209 e. The van der Waals surface area contributed by atoms with Gasteiger partial charge in [0.25, 0.3) is 0 Å². The summed E-state index contributed by atoms with van der Waals surface area (Å²) in [5, 5.41) is 0. The van der Waals surface area contributed by atoms with Gasteiger partial charge in [-0.15, -0.1) is 6.58 Å². The van der Waals surface area contributed by atoms with Crippen LogP contribution in [0, 0.1) is 23.3 Å². The molecule has 3 rings (SSSR count). The fourth-order valence-corrected chi connectivity index (χ4v) is 3.86. The Balaban J connectivity index is 1.74. The van der Waals surface area contributed by atoms with Crippen LogP contribution >= 0.6 is 0 Å². The van der Waals surface area contributed by atoms with Crippen LogP contribution < -0.4 is 0 Å². The van der Waals surface area contributed by atoms with Crippen LogP contribution in [0.5, 0.6) is 0 Å². The maximum atomic E-state index is 14.8. The summed E-state index contributed by atoms with van der Waals surface area (Å²) in [7, 11) is 0. The van der Waals surface area contributed by atoms with E-state index >= 15 is 0 Å². The molecule has 184 valence electrons. The first-order valence-electron chi connectivity index (χ1n) is 11.5. The lowest BCUT2D eigenvalue weighted by atomic mass is 9.97. The smallest absolute Gasteiger partial charge is 0.161 e. The van der Waals surface area contributed by atoms with E-state index in [1.54, 1.807) is 6.07 Å². The Labute approximate surface area is 201 Å². The summed E-state index contributed by atoms with van der Waals surface area (Å²) in [6, 6.07) is 10.1. The first-order valence-corrected chi connectivity index (χ1v) is 11.5. The quantitative estimate of drug-likeness (QED) is 0.197. The van der Waals surface area contributed by atoms with Crippen LogP contribution in [-0.4, -0.2) is 0 Å². The molecule has 0 heterocycles. The Kier molecular flexibility index (Phi) is 8.96. The third-order valence-corrected chi connectivity index (χ3v) is 5.78. The van der Waals surface area contributed by atoms with E-state index in [1.165, 1.54) is 30.3 Å². The molecule has 0 radical (unpaired) electrons. The number of halogens is 6. The molecule has 35 heavy (non-hydrogen) atoms. The van der Waals surface area contributed by atoms with Gasteiger partial charge in [-0.3, -0.25) is 0 Å². The van der Waals surface area contributed by atoms with Gasteiger partial charge in [-0.05, 0) is 66.6 Å². The SMILES string of the molecule is C=CCCC(F)=C(F)c1ccc(CCc2ccc(-c3cc(F)c(CCC)c(F)c3)c(F)c2)c(F)c1. The summed E-state index contributed by atoms with van der Waals surface area (Å²) >= 11 is 0. The zero-order valence-electron chi connectivity index (χ0n) is 19.4. The van der Waals surface area contributed by atoms with Crippen molar-refractivity contribution in [3.63, 3.8) is 0 Å². The van der Waals surface area contributed by atoms with Crippen molar-refractivity contribution in [2.75, 3.05) is 0 Å². The van der Waals surface area contributed by atoms with Crippen LogP contribution in [-0.2, 0) is 19.3 Å². The normalized spacial score (nSPS) is 12.0. The third-order valence-electron chi connectivity index (χ3n) is 5.78. The summed E-state index contributed by atoms with van der Waals surface area (Å²) in [4.78, 5) is 0. The lowest BCUT2D eigenvalue weighted by molar-refractivity contribution is 0.553. The van der Waals surface area contributed by atoms with Gasteiger partial charge in [0.2, 0.25) is 0 Å². The largest absolute Gasteiger partial charge is 0.209 e. The fourth-order valence-electron chi connectivity index (χ4n) is 3.86. The van der Waals surface area contributed by atoms with Crippen molar-refractivity contribution in [3.05, 3.63) is 113 Å². The summed E-state index contributed by atoms with van der Waals surface area (Å²) in [6.07, 6.45) is 2.89. The Morgan fingerprint density at radius 2 is 1.51 bits per heavy atom. The lowest BCUT2D eigenvalue weighted by Gasteiger charge is -2.10. The maximum absolute atomic E-state index is 14.8. The van der Waals surface area contributed by atoms with Crippen molar-refractivity contribution in [1.29, 1.82) is 0 Å². The molecule has 0 aliphatic rings. The van der Waals surface area contributed by atoms with Crippen molar-refractivity contribution in [2.45, 2.75) is 45.4 Å². The molecule has 0 unspecified atom stereocenters. The average Bonchev–Trinajstić information content (AvgIpc) is 2.83. The van der Waals surface area contributed by atoms with Gasteiger partial charge in [0.1, 0.15) is 29.1 Å². The molecule has 0 bridgehead atoms. The van der Waals surface area contributed by atoms with Crippen molar-refractivity contribution in [2.24, 2.45) is 0 Å². The number of benzene rings is 3.